The van der Waals surface area contributed by atoms with Gasteiger partial charge in [-0.1, -0.05) is 120 Å². The minimum Gasteiger partial charge on any atom is -0.290 e. The Bertz CT molecular complexity index is 1400. The third-order valence-electron chi connectivity index (χ3n) is 7.63. The third kappa shape index (κ3) is 10.4. The van der Waals surface area contributed by atoms with Gasteiger partial charge in [0.15, 0.2) is 5.82 Å². The van der Waals surface area contributed by atoms with Crippen LogP contribution in [0.3, 0.4) is 0 Å². The maximum atomic E-state index is 13.3. The van der Waals surface area contributed by atoms with Crippen molar-refractivity contribution in [1.82, 2.24) is 15.0 Å². The van der Waals surface area contributed by atoms with Crippen LogP contribution < -0.4 is 10.6 Å². The van der Waals surface area contributed by atoms with E-state index in [4.69, 9.17) is 0 Å². The Morgan fingerprint density at radius 3 is 1.50 bits per heavy atom. The van der Waals surface area contributed by atoms with Gasteiger partial charge in [-0.05, 0) is 61.1 Å². The number of rotatable bonds is 17. The fourth-order valence-electron chi connectivity index (χ4n) is 5.15. The van der Waals surface area contributed by atoms with Crippen LogP contribution in [-0.4, -0.2) is 26.8 Å². The van der Waals surface area contributed by atoms with Gasteiger partial charge in [-0.3, -0.25) is 20.2 Å². The number of amides is 2. The van der Waals surface area contributed by atoms with E-state index in [1.165, 1.54) is 51.4 Å². The highest BCUT2D eigenvalue weighted by Crippen LogP contribution is 2.20. The quantitative estimate of drug-likeness (QED) is 0.119. The molecule has 0 atom stereocenters. The van der Waals surface area contributed by atoms with Crippen LogP contribution >= 0.6 is 0 Å². The normalized spacial score (nSPS) is 10.9. The van der Waals surface area contributed by atoms with Crippen molar-refractivity contribution in [3.63, 3.8) is 0 Å². The Hall–Kier alpha value is -4.39. The molecule has 0 bridgehead atoms. The van der Waals surface area contributed by atoms with Crippen molar-refractivity contribution >= 4 is 23.7 Å². The topological polar surface area (TPSA) is 96.9 Å². The number of hydrogen-bond acceptors (Lipinski definition) is 5. The molecule has 0 aliphatic heterocycles. The molecule has 44 heavy (non-hydrogen) atoms. The lowest BCUT2D eigenvalue weighted by Crippen LogP contribution is -2.19. The highest BCUT2D eigenvalue weighted by atomic mass is 16.2. The van der Waals surface area contributed by atoms with Crippen molar-refractivity contribution in [3.8, 4) is 11.4 Å². The predicted octanol–water partition coefficient (Wildman–Crippen LogP) is 9.07. The van der Waals surface area contributed by atoms with Crippen molar-refractivity contribution in [2.24, 2.45) is 0 Å². The zero-order valence-electron chi connectivity index (χ0n) is 26.1. The molecule has 2 amide bonds. The minimum atomic E-state index is -0.313. The number of aromatic nitrogens is 3. The van der Waals surface area contributed by atoms with Gasteiger partial charge in [0.25, 0.3) is 11.8 Å². The van der Waals surface area contributed by atoms with Gasteiger partial charge < -0.3 is 0 Å². The Morgan fingerprint density at radius 2 is 1.02 bits per heavy atom. The van der Waals surface area contributed by atoms with Gasteiger partial charge in [-0.2, -0.15) is 15.0 Å². The molecule has 0 radical (unpaired) electrons. The largest absolute Gasteiger partial charge is 0.290 e. The summed E-state index contributed by atoms with van der Waals surface area (Å²) < 4.78 is 0. The van der Waals surface area contributed by atoms with E-state index in [0.717, 1.165) is 42.4 Å². The highest BCUT2D eigenvalue weighted by molar-refractivity contribution is 6.05. The van der Waals surface area contributed by atoms with Gasteiger partial charge in [0.1, 0.15) is 0 Å². The second kappa shape index (κ2) is 17.7. The number of carbonyl (C=O) groups excluding carboxylic acids is 2. The monoisotopic (exact) mass is 591 g/mol. The number of aryl methyl sites for hydroxylation is 2. The zero-order chi connectivity index (χ0) is 31.0. The molecule has 0 aliphatic carbocycles. The van der Waals surface area contributed by atoms with Gasteiger partial charge in [-0.25, -0.2) is 0 Å². The van der Waals surface area contributed by atoms with Crippen LogP contribution in [0.15, 0.2) is 78.9 Å². The van der Waals surface area contributed by atoms with Crippen molar-refractivity contribution in [2.75, 3.05) is 10.6 Å². The molecule has 0 unspecified atom stereocenters. The summed E-state index contributed by atoms with van der Waals surface area (Å²) in [6.45, 7) is 4.42. The Morgan fingerprint density at radius 1 is 0.545 bits per heavy atom. The molecule has 0 saturated carbocycles. The summed E-state index contributed by atoms with van der Waals surface area (Å²) in [5.41, 5.74) is 4.08. The van der Waals surface area contributed by atoms with E-state index >= 15 is 0 Å². The zero-order valence-corrected chi connectivity index (χ0v) is 26.1. The first-order valence-corrected chi connectivity index (χ1v) is 16.2. The van der Waals surface area contributed by atoms with Crippen LogP contribution in [0.2, 0.25) is 0 Å². The molecule has 4 aromatic rings. The number of nitrogens with zero attached hydrogens (tertiary/aromatic N) is 3. The number of nitrogens with one attached hydrogen (secondary N) is 2. The molecule has 0 saturated heterocycles. The van der Waals surface area contributed by atoms with Crippen molar-refractivity contribution in [1.29, 1.82) is 0 Å². The fraction of sp³-hybridized carbons (Fsp3) is 0.378. The molecule has 1 heterocycles. The summed E-state index contributed by atoms with van der Waals surface area (Å²) >= 11 is 0. The van der Waals surface area contributed by atoms with E-state index in [1.54, 1.807) is 12.1 Å². The van der Waals surface area contributed by atoms with Crippen LogP contribution in [0.25, 0.3) is 11.4 Å². The van der Waals surface area contributed by atoms with E-state index < -0.39 is 0 Å². The Balaban J connectivity index is 1.48. The molecule has 2 N–H and O–H groups in total. The standard InChI is InChI=1S/C37H45N5O2/c1-3-5-7-9-12-18-28-20-16-24-31(26-28)34(43)40-36-38-33(30-22-14-11-15-23-30)39-37(42-36)41-35(44)32-25-17-21-29(27-32)19-13-10-8-6-4-2/h11,14-17,20-27H,3-10,12-13,18-19H2,1-2H3,(H2,38,39,40,41,42,43,44). The first-order chi connectivity index (χ1) is 21.6. The fourth-order valence-corrected chi connectivity index (χ4v) is 5.15. The summed E-state index contributed by atoms with van der Waals surface area (Å²) in [6, 6.07) is 24.8. The van der Waals surface area contributed by atoms with Crippen molar-refractivity contribution in [3.05, 3.63) is 101 Å². The van der Waals surface area contributed by atoms with E-state index in [9.17, 15) is 9.59 Å². The maximum absolute atomic E-state index is 13.3. The van der Waals surface area contributed by atoms with Gasteiger partial charge in [0, 0.05) is 16.7 Å². The van der Waals surface area contributed by atoms with Crippen LogP contribution in [0.4, 0.5) is 11.9 Å². The SMILES string of the molecule is CCCCCCCc1cccc(C(=O)Nc2nc(NC(=O)c3cccc(CCCCCCC)c3)nc(-c3ccccc3)n2)c1. The number of unbranched alkanes of at least 4 members (excludes halogenated alkanes) is 8. The van der Waals surface area contributed by atoms with Crippen molar-refractivity contribution < 1.29 is 9.59 Å². The highest BCUT2D eigenvalue weighted by Gasteiger charge is 2.16. The summed E-state index contributed by atoms with van der Waals surface area (Å²) in [4.78, 5) is 40.0. The van der Waals surface area contributed by atoms with Gasteiger partial charge >= 0.3 is 0 Å². The van der Waals surface area contributed by atoms with E-state index in [-0.39, 0.29) is 23.7 Å². The van der Waals surface area contributed by atoms with E-state index in [2.05, 4.69) is 51.6 Å². The molecule has 7 heteroatoms. The average Bonchev–Trinajstić information content (AvgIpc) is 3.05. The third-order valence-corrected chi connectivity index (χ3v) is 7.63. The molecule has 0 fully saturated rings. The van der Waals surface area contributed by atoms with Crippen LogP contribution in [0, 0.1) is 0 Å². The lowest BCUT2D eigenvalue weighted by molar-refractivity contribution is 0.101. The predicted molar refractivity (Wildman–Crippen MR) is 179 cm³/mol. The molecule has 1 aromatic heterocycles. The van der Waals surface area contributed by atoms with Gasteiger partial charge in [0.05, 0.1) is 0 Å². The van der Waals surface area contributed by atoms with Crippen LogP contribution in [0.5, 0.6) is 0 Å². The molecule has 3 aromatic carbocycles. The molecular formula is C37H45N5O2. The van der Waals surface area contributed by atoms with Gasteiger partial charge in [-0.15, -0.1) is 0 Å². The average molecular weight is 592 g/mol. The lowest BCUT2D eigenvalue weighted by atomic mass is 10.0. The Labute approximate surface area is 262 Å². The molecule has 0 spiro atoms. The first-order valence-electron chi connectivity index (χ1n) is 16.2. The van der Waals surface area contributed by atoms with E-state index in [1.807, 2.05) is 54.6 Å². The molecule has 0 aliphatic rings. The number of anilines is 2. The van der Waals surface area contributed by atoms with Crippen LogP contribution in [0.1, 0.15) is 110 Å². The molecule has 4 rings (SSSR count). The maximum Gasteiger partial charge on any atom is 0.258 e. The second-order valence-corrected chi connectivity index (χ2v) is 11.3. The Kier molecular flexibility index (Phi) is 13.1. The molecule has 230 valence electrons. The second-order valence-electron chi connectivity index (χ2n) is 11.3. The summed E-state index contributed by atoms with van der Waals surface area (Å²) in [5, 5.41) is 5.65. The number of benzene rings is 3. The molecule has 7 nitrogen and oxygen atoms in total. The number of hydrogen-bond donors (Lipinski definition) is 2. The van der Waals surface area contributed by atoms with Crippen LogP contribution in [-0.2, 0) is 12.8 Å². The number of carbonyl (C=O) groups is 2. The first kappa shape index (κ1) is 32.5. The summed E-state index contributed by atoms with van der Waals surface area (Å²) in [5.74, 6) is -0.123. The van der Waals surface area contributed by atoms with E-state index in [0.29, 0.717) is 17.0 Å². The molecular weight excluding hydrogens is 546 g/mol. The lowest BCUT2D eigenvalue weighted by Gasteiger charge is -2.11. The van der Waals surface area contributed by atoms with Crippen molar-refractivity contribution in [2.45, 2.75) is 90.9 Å². The minimum absolute atomic E-state index is 0.0740. The summed E-state index contributed by atoms with van der Waals surface area (Å²) in [6.07, 6.45) is 13.9. The smallest absolute Gasteiger partial charge is 0.258 e. The summed E-state index contributed by atoms with van der Waals surface area (Å²) in [7, 11) is 0. The van der Waals surface area contributed by atoms with Gasteiger partial charge in [0.2, 0.25) is 11.9 Å².